The van der Waals surface area contributed by atoms with Crippen molar-refractivity contribution in [1.82, 2.24) is 0 Å². The Bertz CT molecular complexity index is 661. The smallest absolute Gasteiger partial charge is 0.426 e. The van der Waals surface area contributed by atoms with Gasteiger partial charge in [0.05, 0.1) is 56.9 Å². The number of ether oxygens (including phenoxy) is 5. The van der Waals surface area contributed by atoms with Crippen LogP contribution in [-0.4, -0.2) is 82.5 Å². The summed E-state index contributed by atoms with van der Waals surface area (Å²) >= 11 is 0. The molecule has 0 N–H and O–H groups in total. The number of allylic oxidation sites excluding steroid dienone is 2. The van der Waals surface area contributed by atoms with Crippen LogP contribution >= 0.6 is 0 Å². The molecule has 0 rings (SSSR count). The van der Waals surface area contributed by atoms with E-state index in [0.29, 0.717) is 13.3 Å². The fraction of sp³-hybridized carbons (Fsp3) is 0.864. The Morgan fingerprint density at radius 3 is 1.33 bits per heavy atom. The highest BCUT2D eigenvalue weighted by molar-refractivity contribution is 5.71. The summed E-state index contributed by atoms with van der Waals surface area (Å²) in [5, 5.41) is 0. The van der Waals surface area contributed by atoms with Crippen LogP contribution in [0.1, 0.15) is 41.0 Å². The molecule has 0 amide bonds. The predicted molar refractivity (Wildman–Crippen MR) is 113 cm³/mol. The van der Waals surface area contributed by atoms with Gasteiger partial charge < -0.3 is 23.7 Å². The van der Waals surface area contributed by atoms with Gasteiger partial charge >= 0.3 is 18.3 Å². The largest absolute Gasteiger partial charge is 0.496 e. The minimum atomic E-state index is -5.82. The SMILES string of the molecule is CCC(C)C(=O)OCCOCCOCCOCCOC(C)=C(C(C)(F)C(F)(F)F)C(C)(F)C(F)(F)F. The first-order chi connectivity index (χ1) is 16.4. The molecule has 0 aliphatic carbocycles. The van der Waals surface area contributed by atoms with Crippen LogP contribution in [0, 0.1) is 5.92 Å². The van der Waals surface area contributed by atoms with E-state index in [9.17, 15) is 39.9 Å². The molecule has 0 aliphatic rings. The van der Waals surface area contributed by atoms with Gasteiger partial charge in [0.1, 0.15) is 13.2 Å². The van der Waals surface area contributed by atoms with Gasteiger partial charge in [0.2, 0.25) is 11.3 Å². The number of hydrogen-bond donors (Lipinski definition) is 0. The van der Waals surface area contributed by atoms with E-state index in [1.807, 2.05) is 6.92 Å². The van der Waals surface area contributed by atoms with Crippen molar-refractivity contribution >= 4 is 5.97 Å². The van der Waals surface area contributed by atoms with E-state index in [1.165, 1.54) is 0 Å². The second-order valence-electron chi connectivity index (χ2n) is 8.10. The Labute approximate surface area is 205 Å². The molecule has 0 radical (unpaired) electrons. The summed E-state index contributed by atoms with van der Waals surface area (Å²) in [5.74, 6) is -1.68. The lowest BCUT2D eigenvalue weighted by Gasteiger charge is -2.36. The minimum Gasteiger partial charge on any atom is -0.496 e. The average Bonchev–Trinajstić information content (AvgIpc) is 2.74. The second kappa shape index (κ2) is 14.9. The maximum atomic E-state index is 14.4. The summed E-state index contributed by atoms with van der Waals surface area (Å²) in [4.78, 5) is 11.4. The Morgan fingerprint density at radius 2 is 1.00 bits per heavy atom. The van der Waals surface area contributed by atoms with Crippen molar-refractivity contribution in [3.05, 3.63) is 11.3 Å². The Balaban J connectivity index is 4.40. The molecule has 0 spiro atoms. The van der Waals surface area contributed by atoms with Crippen molar-refractivity contribution in [2.45, 2.75) is 64.7 Å². The lowest BCUT2D eigenvalue weighted by atomic mass is 9.83. The maximum Gasteiger partial charge on any atom is 0.426 e. The first-order valence-corrected chi connectivity index (χ1v) is 11.2. The van der Waals surface area contributed by atoms with Crippen LogP contribution in [0.5, 0.6) is 0 Å². The first kappa shape index (κ1) is 34.3. The highest BCUT2D eigenvalue weighted by atomic mass is 19.4. The third kappa shape index (κ3) is 10.8. The van der Waals surface area contributed by atoms with Gasteiger partial charge in [0.25, 0.3) is 0 Å². The molecular weight excluding hydrogens is 512 g/mol. The van der Waals surface area contributed by atoms with E-state index in [4.69, 9.17) is 23.7 Å². The molecule has 36 heavy (non-hydrogen) atoms. The van der Waals surface area contributed by atoms with E-state index in [-0.39, 0.29) is 72.0 Å². The van der Waals surface area contributed by atoms with Crippen LogP contribution < -0.4 is 0 Å². The quantitative estimate of drug-likeness (QED) is 0.104. The molecular formula is C22H34F8O6. The van der Waals surface area contributed by atoms with Crippen LogP contribution in [0.15, 0.2) is 11.3 Å². The fourth-order valence-corrected chi connectivity index (χ4v) is 2.76. The molecule has 0 aromatic carbocycles. The van der Waals surface area contributed by atoms with E-state index < -0.39 is 41.6 Å². The highest BCUT2D eigenvalue weighted by Gasteiger charge is 2.67. The summed E-state index contributed by atoms with van der Waals surface area (Å²) in [7, 11) is 0. The van der Waals surface area contributed by atoms with Gasteiger partial charge in [0, 0.05) is 0 Å². The zero-order valence-electron chi connectivity index (χ0n) is 20.9. The summed E-state index contributed by atoms with van der Waals surface area (Å²) in [5.41, 5.74) is -11.5. The Kier molecular flexibility index (Phi) is 14.2. The van der Waals surface area contributed by atoms with Crippen LogP contribution in [0.3, 0.4) is 0 Å². The molecule has 3 unspecified atom stereocenters. The van der Waals surface area contributed by atoms with Gasteiger partial charge in [-0.3, -0.25) is 4.79 Å². The molecule has 0 aromatic rings. The van der Waals surface area contributed by atoms with E-state index in [2.05, 4.69) is 0 Å². The highest BCUT2D eigenvalue weighted by Crippen LogP contribution is 2.51. The summed E-state index contributed by atoms with van der Waals surface area (Å²) in [6.45, 7) is 3.75. The zero-order chi connectivity index (χ0) is 28.2. The molecule has 0 saturated carbocycles. The molecule has 0 bridgehead atoms. The lowest BCUT2D eigenvalue weighted by Crippen LogP contribution is -2.52. The molecule has 0 fully saturated rings. The number of carbonyl (C=O) groups excluding carboxylic acids is 1. The van der Waals surface area contributed by atoms with Crippen LogP contribution in [0.2, 0.25) is 0 Å². The van der Waals surface area contributed by atoms with Crippen molar-refractivity contribution in [3.63, 3.8) is 0 Å². The third-order valence-electron chi connectivity index (χ3n) is 5.13. The second-order valence-corrected chi connectivity index (χ2v) is 8.10. The maximum absolute atomic E-state index is 14.4. The summed E-state index contributed by atoms with van der Waals surface area (Å²) in [6, 6.07) is 0. The summed E-state index contributed by atoms with van der Waals surface area (Å²) < 4.78 is 132. The van der Waals surface area contributed by atoms with E-state index in [0.717, 1.165) is 0 Å². The van der Waals surface area contributed by atoms with Crippen molar-refractivity contribution in [1.29, 1.82) is 0 Å². The Hall–Kier alpha value is -1.67. The van der Waals surface area contributed by atoms with Gasteiger partial charge in [-0.2, -0.15) is 26.3 Å². The van der Waals surface area contributed by atoms with E-state index >= 15 is 0 Å². The van der Waals surface area contributed by atoms with Gasteiger partial charge in [0.15, 0.2) is 0 Å². The molecule has 14 heteroatoms. The van der Waals surface area contributed by atoms with Crippen LogP contribution in [0.25, 0.3) is 0 Å². The van der Waals surface area contributed by atoms with Gasteiger partial charge in [-0.1, -0.05) is 13.8 Å². The van der Waals surface area contributed by atoms with Crippen LogP contribution in [-0.2, 0) is 28.5 Å². The fourth-order valence-electron chi connectivity index (χ4n) is 2.76. The Morgan fingerprint density at radius 1 is 0.667 bits per heavy atom. The standard InChI is InChI=1S/C22H34F8O6/c1-6-15(2)18(31)36-14-12-34-10-8-32-7-9-33-11-13-35-16(3)17(19(4,23)21(25,26)27)20(5,24)22(28,29)30/h15H,6-14H2,1-5H3. The molecule has 0 saturated heterocycles. The molecule has 0 aromatic heterocycles. The monoisotopic (exact) mass is 546 g/mol. The number of hydrogen-bond acceptors (Lipinski definition) is 6. The molecule has 214 valence electrons. The molecule has 0 aliphatic heterocycles. The topological polar surface area (TPSA) is 63.2 Å². The molecule has 6 nitrogen and oxygen atoms in total. The number of rotatable bonds is 17. The average molecular weight is 546 g/mol. The van der Waals surface area contributed by atoms with Crippen molar-refractivity contribution in [2.75, 3.05) is 52.9 Å². The minimum absolute atomic E-state index is 0.00173. The third-order valence-corrected chi connectivity index (χ3v) is 5.13. The van der Waals surface area contributed by atoms with Crippen molar-refractivity contribution in [2.24, 2.45) is 5.92 Å². The number of alkyl halides is 8. The first-order valence-electron chi connectivity index (χ1n) is 11.2. The van der Waals surface area contributed by atoms with E-state index in [1.54, 1.807) is 6.92 Å². The molecule has 3 atom stereocenters. The van der Waals surface area contributed by atoms with Gasteiger partial charge in [-0.05, 0) is 27.2 Å². The normalized spacial score (nSPS) is 16.6. The predicted octanol–water partition coefficient (Wildman–Crippen LogP) is 5.50. The zero-order valence-corrected chi connectivity index (χ0v) is 20.9. The van der Waals surface area contributed by atoms with Crippen molar-refractivity contribution in [3.8, 4) is 0 Å². The van der Waals surface area contributed by atoms with Gasteiger partial charge in [-0.15, -0.1) is 0 Å². The molecule has 0 heterocycles. The number of halogens is 8. The van der Waals surface area contributed by atoms with Gasteiger partial charge in [-0.25, -0.2) is 8.78 Å². The number of carbonyl (C=O) groups is 1. The summed E-state index contributed by atoms with van der Waals surface area (Å²) in [6.07, 6.45) is -11.0. The lowest BCUT2D eigenvalue weighted by molar-refractivity contribution is -0.245. The van der Waals surface area contributed by atoms with Crippen molar-refractivity contribution < 1.29 is 63.6 Å². The number of esters is 1. The van der Waals surface area contributed by atoms with Crippen LogP contribution in [0.4, 0.5) is 35.1 Å².